The minimum atomic E-state index is -0.399. The molecular formula is C22H26N4O4. The number of nitrogens with one attached hydrogen (secondary N) is 1. The first-order valence-corrected chi connectivity index (χ1v) is 10.1. The number of ether oxygens (including phenoxy) is 1. The van der Waals surface area contributed by atoms with Crippen molar-refractivity contribution in [2.24, 2.45) is 0 Å². The second-order valence-corrected chi connectivity index (χ2v) is 7.83. The largest absolute Gasteiger partial charge is 0.508 e. The van der Waals surface area contributed by atoms with Crippen LogP contribution < -0.4 is 5.69 Å². The van der Waals surface area contributed by atoms with Gasteiger partial charge in [-0.2, -0.15) is 5.10 Å². The predicted molar refractivity (Wildman–Crippen MR) is 113 cm³/mol. The third-order valence-corrected chi connectivity index (χ3v) is 5.38. The number of hydrogen-bond donors (Lipinski definition) is 3. The molecule has 0 saturated carbocycles. The molecule has 3 aromatic rings. The normalized spacial score (nSPS) is 15.0. The quantitative estimate of drug-likeness (QED) is 0.597. The van der Waals surface area contributed by atoms with Crippen molar-refractivity contribution in [2.45, 2.75) is 26.3 Å². The van der Waals surface area contributed by atoms with Crippen LogP contribution in [0, 0.1) is 0 Å². The van der Waals surface area contributed by atoms with Gasteiger partial charge in [0.1, 0.15) is 11.5 Å². The Hall–Kier alpha value is -3.10. The summed E-state index contributed by atoms with van der Waals surface area (Å²) in [6, 6.07) is 10.7. The molecular weight excluding hydrogens is 384 g/mol. The van der Waals surface area contributed by atoms with Gasteiger partial charge in [-0.15, -0.1) is 0 Å². The molecule has 3 N–H and O–H groups in total. The Bertz CT molecular complexity index is 1080. The van der Waals surface area contributed by atoms with E-state index in [1.165, 1.54) is 10.6 Å². The highest BCUT2D eigenvalue weighted by Gasteiger charge is 2.19. The summed E-state index contributed by atoms with van der Waals surface area (Å²) in [5.74, 6) is 0.215. The van der Waals surface area contributed by atoms with E-state index in [1.54, 1.807) is 6.07 Å². The zero-order valence-electron chi connectivity index (χ0n) is 17.1. The molecule has 1 aliphatic rings. The maximum absolute atomic E-state index is 12.5. The third kappa shape index (κ3) is 3.96. The number of phenols is 2. The highest BCUT2D eigenvalue weighted by molar-refractivity contribution is 5.69. The van der Waals surface area contributed by atoms with Crippen LogP contribution in [0.5, 0.6) is 11.5 Å². The van der Waals surface area contributed by atoms with E-state index >= 15 is 0 Å². The van der Waals surface area contributed by atoms with Crippen LogP contribution in [0.2, 0.25) is 0 Å². The lowest BCUT2D eigenvalue weighted by Gasteiger charge is -2.26. The zero-order valence-corrected chi connectivity index (χ0v) is 17.1. The molecule has 0 unspecified atom stereocenters. The van der Waals surface area contributed by atoms with E-state index < -0.39 is 5.69 Å². The van der Waals surface area contributed by atoms with Gasteiger partial charge in [0, 0.05) is 25.7 Å². The molecule has 1 saturated heterocycles. The summed E-state index contributed by atoms with van der Waals surface area (Å²) in [6.07, 6.45) is 0. The molecule has 158 valence electrons. The van der Waals surface area contributed by atoms with E-state index in [9.17, 15) is 15.0 Å². The zero-order chi connectivity index (χ0) is 21.3. The number of nitrogens with zero attached hydrogens (tertiary/aromatic N) is 3. The van der Waals surface area contributed by atoms with E-state index in [4.69, 9.17) is 4.74 Å². The van der Waals surface area contributed by atoms with Crippen molar-refractivity contribution in [3.8, 4) is 28.6 Å². The number of phenolic OH excluding ortho intramolecular Hbond substituents is 2. The summed E-state index contributed by atoms with van der Waals surface area (Å²) < 4.78 is 6.81. The number of rotatable bonds is 5. The van der Waals surface area contributed by atoms with Gasteiger partial charge >= 0.3 is 5.69 Å². The van der Waals surface area contributed by atoms with Gasteiger partial charge in [0.2, 0.25) is 0 Å². The lowest BCUT2D eigenvalue weighted by atomic mass is 9.98. The van der Waals surface area contributed by atoms with Crippen LogP contribution >= 0.6 is 0 Å². The molecule has 4 rings (SSSR count). The summed E-state index contributed by atoms with van der Waals surface area (Å²) in [6.45, 7) is 8.03. The maximum atomic E-state index is 12.5. The fourth-order valence-electron chi connectivity index (χ4n) is 3.72. The minimum Gasteiger partial charge on any atom is -0.508 e. The van der Waals surface area contributed by atoms with Crippen molar-refractivity contribution in [3.63, 3.8) is 0 Å². The molecule has 1 aromatic heterocycles. The number of aromatic hydroxyl groups is 2. The Balaban J connectivity index is 1.68. The lowest BCUT2D eigenvalue weighted by Crippen LogP contribution is -2.35. The van der Waals surface area contributed by atoms with E-state index in [2.05, 4.69) is 15.1 Å². The van der Waals surface area contributed by atoms with Crippen LogP contribution in [0.3, 0.4) is 0 Å². The van der Waals surface area contributed by atoms with Crippen molar-refractivity contribution in [2.75, 3.05) is 26.3 Å². The number of hydrogen-bond acceptors (Lipinski definition) is 6. The van der Waals surface area contributed by atoms with Gasteiger partial charge in [0.05, 0.1) is 24.5 Å². The topological polar surface area (TPSA) is 104 Å². The van der Waals surface area contributed by atoms with E-state index in [0.29, 0.717) is 22.6 Å². The first-order valence-electron chi connectivity index (χ1n) is 10.1. The van der Waals surface area contributed by atoms with Gasteiger partial charge in [-0.25, -0.2) is 14.5 Å². The van der Waals surface area contributed by atoms with Crippen LogP contribution in [-0.4, -0.2) is 56.2 Å². The highest BCUT2D eigenvalue weighted by Crippen LogP contribution is 2.37. The third-order valence-electron chi connectivity index (χ3n) is 5.38. The smallest absolute Gasteiger partial charge is 0.348 e. The standard InChI is InChI=1S/C22H26N4O4/c1-14(2)17-11-18(20(28)12-19(17)27)21-23-24-22(29)26(21)16-5-3-15(4-6-16)13-25-7-9-30-10-8-25/h3-6,11-12,14,27-28H,7-10,13H2,1-2H3,(H,24,29). The Morgan fingerprint density at radius 3 is 2.47 bits per heavy atom. The van der Waals surface area contributed by atoms with Crippen molar-refractivity contribution in [1.29, 1.82) is 0 Å². The Morgan fingerprint density at radius 1 is 1.10 bits per heavy atom. The van der Waals surface area contributed by atoms with Gasteiger partial charge in [-0.1, -0.05) is 26.0 Å². The van der Waals surface area contributed by atoms with Crippen LogP contribution in [0.15, 0.2) is 41.2 Å². The molecule has 1 aliphatic heterocycles. The van der Waals surface area contributed by atoms with Crippen molar-refractivity contribution < 1.29 is 14.9 Å². The summed E-state index contributed by atoms with van der Waals surface area (Å²) >= 11 is 0. The van der Waals surface area contributed by atoms with Crippen molar-refractivity contribution >= 4 is 0 Å². The molecule has 0 amide bonds. The molecule has 0 aliphatic carbocycles. The summed E-state index contributed by atoms with van der Waals surface area (Å²) in [5.41, 5.74) is 2.45. The summed E-state index contributed by atoms with van der Waals surface area (Å²) in [4.78, 5) is 14.8. The fraction of sp³-hybridized carbons (Fsp3) is 0.364. The summed E-state index contributed by atoms with van der Waals surface area (Å²) in [7, 11) is 0. The number of aromatic amines is 1. The van der Waals surface area contributed by atoms with Crippen molar-refractivity contribution in [3.05, 3.63) is 58.0 Å². The average molecular weight is 410 g/mol. The molecule has 0 atom stereocenters. The maximum Gasteiger partial charge on any atom is 0.348 e. The highest BCUT2D eigenvalue weighted by atomic mass is 16.5. The average Bonchev–Trinajstić information content (AvgIpc) is 3.10. The Morgan fingerprint density at radius 2 is 1.80 bits per heavy atom. The molecule has 0 spiro atoms. The SMILES string of the molecule is CC(C)c1cc(-c2n[nH]c(=O)n2-c2ccc(CN3CCOCC3)cc2)c(O)cc1O. The number of benzene rings is 2. The van der Waals surface area contributed by atoms with Crippen molar-refractivity contribution in [1.82, 2.24) is 19.7 Å². The molecule has 0 radical (unpaired) electrons. The van der Waals surface area contributed by atoms with E-state index in [-0.39, 0.29) is 17.4 Å². The van der Waals surface area contributed by atoms with Crippen LogP contribution in [0.4, 0.5) is 0 Å². The van der Waals surface area contributed by atoms with E-state index in [0.717, 1.165) is 38.4 Å². The molecule has 2 heterocycles. The fourth-order valence-corrected chi connectivity index (χ4v) is 3.72. The Labute approximate surface area is 174 Å². The molecule has 1 fully saturated rings. The molecule has 8 nitrogen and oxygen atoms in total. The lowest BCUT2D eigenvalue weighted by molar-refractivity contribution is 0.0342. The second kappa shape index (κ2) is 8.33. The predicted octanol–water partition coefficient (Wildman–Crippen LogP) is 2.59. The van der Waals surface area contributed by atoms with Crippen LogP contribution in [0.25, 0.3) is 17.1 Å². The summed E-state index contributed by atoms with van der Waals surface area (Å²) in [5, 5.41) is 27.1. The van der Waals surface area contributed by atoms with Gasteiger partial charge in [0.25, 0.3) is 0 Å². The number of morpholine rings is 1. The molecule has 2 aromatic carbocycles. The minimum absolute atomic E-state index is 0.0168. The van der Waals surface area contributed by atoms with Crippen LogP contribution in [-0.2, 0) is 11.3 Å². The first-order chi connectivity index (χ1) is 14.4. The first kappa shape index (κ1) is 20.2. The molecule has 30 heavy (non-hydrogen) atoms. The van der Waals surface area contributed by atoms with Gasteiger partial charge in [0.15, 0.2) is 5.82 Å². The number of H-pyrrole nitrogens is 1. The number of aromatic nitrogens is 3. The van der Waals surface area contributed by atoms with Gasteiger partial charge in [-0.05, 0) is 35.2 Å². The van der Waals surface area contributed by atoms with E-state index in [1.807, 2.05) is 38.1 Å². The molecule has 8 heteroatoms. The monoisotopic (exact) mass is 410 g/mol. The van der Waals surface area contributed by atoms with Gasteiger partial charge in [-0.3, -0.25) is 4.90 Å². The molecule has 0 bridgehead atoms. The van der Waals surface area contributed by atoms with Crippen LogP contribution in [0.1, 0.15) is 30.9 Å². The second-order valence-electron chi connectivity index (χ2n) is 7.83. The van der Waals surface area contributed by atoms with Gasteiger partial charge < -0.3 is 14.9 Å². The Kier molecular flexibility index (Phi) is 5.61.